The van der Waals surface area contributed by atoms with E-state index in [1.54, 1.807) is 11.3 Å². The molecule has 0 radical (unpaired) electrons. The zero-order valence-corrected chi connectivity index (χ0v) is 14.5. The maximum absolute atomic E-state index is 6.25. The second-order valence-corrected chi connectivity index (χ2v) is 7.22. The average molecular weight is 353 g/mol. The number of rotatable bonds is 5. The summed E-state index contributed by atoms with van der Waals surface area (Å²) in [5.74, 6) is 0. The molecule has 0 spiro atoms. The Bertz CT molecular complexity index is 565. The number of hydrogen-bond donors (Lipinski definition) is 1. The SMILES string of the molecule is Cc1ccccc1C(C(C)N)N(C)Cc1cc(Br)cs1. The number of halogens is 1. The molecule has 0 aliphatic carbocycles. The Hall–Kier alpha value is -0.680. The van der Waals surface area contributed by atoms with Gasteiger partial charge >= 0.3 is 0 Å². The molecule has 108 valence electrons. The van der Waals surface area contributed by atoms with E-state index in [9.17, 15) is 0 Å². The standard InChI is InChI=1S/C16H21BrN2S/c1-11-6-4-5-7-15(11)16(12(2)18)19(3)9-14-8-13(17)10-20-14/h4-8,10,12,16H,9,18H2,1-3H3. The molecule has 2 atom stereocenters. The van der Waals surface area contributed by atoms with Gasteiger partial charge in [0.25, 0.3) is 0 Å². The third-order valence-corrected chi connectivity index (χ3v) is 5.19. The third-order valence-electron chi connectivity index (χ3n) is 3.51. The second kappa shape index (κ2) is 6.85. The van der Waals surface area contributed by atoms with Gasteiger partial charge in [-0.2, -0.15) is 0 Å². The van der Waals surface area contributed by atoms with Crippen molar-refractivity contribution >= 4 is 27.3 Å². The Kier molecular flexibility index (Phi) is 5.38. The number of thiophene rings is 1. The first kappa shape index (κ1) is 15.7. The minimum absolute atomic E-state index is 0.0875. The molecule has 2 aromatic rings. The number of hydrogen-bond acceptors (Lipinski definition) is 3. The van der Waals surface area contributed by atoms with Crippen LogP contribution in [0.2, 0.25) is 0 Å². The van der Waals surface area contributed by atoms with E-state index in [1.165, 1.54) is 16.0 Å². The average Bonchev–Trinajstić information content (AvgIpc) is 2.77. The largest absolute Gasteiger partial charge is 0.326 e. The molecule has 1 heterocycles. The van der Waals surface area contributed by atoms with Gasteiger partial charge in [-0.05, 0) is 54.0 Å². The van der Waals surface area contributed by atoms with E-state index in [0.29, 0.717) is 0 Å². The Morgan fingerprint density at radius 1 is 1.35 bits per heavy atom. The van der Waals surface area contributed by atoms with Crippen molar-refractivity contribution in [2.45, 2.75) is 32.5 Å². The summed E-state index contributed by atoms with van der Waals surface area (Å²) >= 11 is 5.29. The highest BCUT2D eigenvalue weighted by Gasteiger charge is 2.22. The molecule has 0 saturated heterocycles. The van der Waals surface area contributed by atoms with Crippen LogP contribution >= 0.6 is 27.3 Å². The Balaban J connectivity index is 2.22. The van der Waals surface area contributed by atoms with Crippen molar-refractivity contribution < 1.29 is 0 Å². The fraction of sp³-hybridized carbons (Fsp3) is 0.375. The summed E-state index contributed by atoms with van der Waals surface area (Å²) in [6, 6.07) is 11.0. The van der Waals surface area contributed by atoms with E-state index >= 15 is 0 Å². The van der Waals surface area contributed by atoms with Crippen LogP contribution in [0.15, 0.2) is 40.2 Å². The molecule has 0 aliphatic rings. The quantitative estimate of drug-likeness (QED) is 0.866. The van der Waals surface area contributed by atoms with Gasteiger partial charge in [0.1, 0.15) is 0 Å². The summed E-state index contributed by atoms with van der Waals surface area (Å²) < 4.78 is 1.15. The highest BCUT2D eigenvalue weighted by molar-refractivity contribution is 9.10. The van der Waals surface area contributed by atoms with Crippen LogP contribution in [0.5, 0.6) is 0 Å². The Morgan fingerprint density at radius 3 is 2.60 bits per heavy atom. The van der Waals surface area contributed by atoms with E-state index in [-0.39, 0.29) is 12.1 Å². The molecular formula is C16H21BrN2S. The Labute approximate surface area is 133 Å². The highest BCUT2D eigenvalue weighted by atomic mass is 79.9. The van der Waals surface area contributed by atoms with Gasteiger partial charge in [-0.1, -0.05) is 24.3 Å². The van der Waals surface area contributed by atoms with Crippen LogP contribution in [0, 0.1) is 6.92 Å². The smallest absolute Gasteiger partial charge is 0.0499 e. The fourth-order valence-corrected chi connectivity index (χ4v) is 4.13. The Morgan fingerprint density at radius 2 is 2.05 bits per heavy atom. The molecule has 20 heavy (non-hydrogen) atoms. The molecule has 1 aromatic heterocycles. The van der Waals surface area contributed by atoms with Crippen LogP contribution < -0.4 is 5.73 Å². The lowest BCUT2D eigenvalue weighted by Gasteiger charge is -2.32. The molecule has 2 nitrogen and oxygen atoms in total. The van der Waals surface area contributed by atoms with Gasteiger partial charge in [-0.25, -0.2) is 0 Å². The van der Waals surface area contributed by atoms with Crippen LogP contribution in [0.4, 0.5) is 0 Å². The number of aryl methyl sites for hydroxylation is 1. The second-order valence-electron chi connectivity index (χ2n) is 5.31. The van der Waals surface area contributed by atoms with E-state index in [2.05, 4.69) is 77.4 Å². The topological polar surface area (TPSA) is 29.3 Å². The number of benzene rings is 1. The first-order valence-electron chi connectivity index (χ1n) is 6.73. The van der Waals surface area contributed by atoms with Crippen LogP contribution in [0.25, 0.3) is 0 Å². The van der Waals surface area contributed by atoms with Crippen molar-refractivity contribution in [2.75, 3.05) is 7.05 Å². The van der Waals surface area contributed by atoms with Crippen molar-refractivity contribution in [2.24, 2.45) is 5.73 Å². The number of nitrogens with zero attached hydrogens (tertiary/aromatic N) is 1. The van der Waals surface area contributed by atoms with Gasteiger partial charge in [0.05, 0.1) is 0 Å². The van der Waals surface area contributed by atoms with Gasteiger partial charge < -0.3 is 5.73 Å². The molecule has 0 aliphatic heterocycles. The predicted octanol–water partition coefficient (Wildman–Crippen LogP) is 4.34. The van der Waals surface area contributed by atoms with Gasteiger partial charge in [-0.3, -0.25) is 4.90 Å². The normalized spacial score (nSPS) is 14.5. The predicted molar refractivity (Wildman–Crippen MR) is 91.1 cm³/mol. The summed E-state index contributed by atoms with van der Waals surface area (Å²) in [6.07, 6.45) is 0. The highest BCUT2D eigenvalue weighted by Crippen LogP contribution is 2.28. The minimum atomic E-state index is 0.0875. The van der Waals surface area contributed by atoms with Gasteiger partial charge in [-0.15, -0.1) is 11.3 Å². The van der Waals surface area contributed by atoms with Gasteiger partial charge in [0, 0.05) is 33.4 Å². The lowest BCUT2D eigenvalue weighted by atomic mass is 9.95. The summed E-state index contributed by atoms with van der Waals surface area (Å²) in [4.78, 5) is 3.68. The summed E-state index contributed by atoms with van der Waals surface area (Å²) in [5.41, 5.74) is 8.87. The lowest BCUT2D eigenvalue weighted by Crippen LogP contribution is -2.37. The number of nitrogens with two attached hydrogens (primary N) is 1. The van der Waals surface area contributed by atoms with E-state index in [1.807, 2.05) is 0 Å². The van der Waals surface area contributed by atoms with Crippen LogP contribution in [-0.4, -0.2) is 18.0 Å². The van der Waals surface area contributed by atoms with Crippen molar-refractivity contribution in [3.63, 3.8) is 0 Å². The molecule has 0 fully saturated rings. The van der Waals surface area contributed by atoms with Crippen molar-refractivity contribution in [3.8, 4) is 0 Å². The molecule has 2 unspecified atom stereocenters. The monoisotopic (exact) mass is 352 g/mol. The van der Waals surface area contributed by atoms with Crippen LogP contribution in [0.1, 0.15) is 29.0 Å². The lowest BCUT2D eigenvalue weighted by molar-refractivity contribution is 0.212. The molecule has 1 aromatic carbocycles. The van der Waals surface area contributed by atoms with E-state index in [4.69, 9.17) is 5.73 Å². The minimum Gasteiger partial charge on any atom is -0.326 e. The zero-order valence-electron chi connectivity index (χ0n) is 12.1. The molecule has 0 saturated carbocycles. The summed E-state index contributed by atoms with van der Waals surface area (Å²) in [6.45, 7) is 5.15. The maximum Gasteiger partial charge on any atom is 0.0499 e. The van der Waals surface area contributed by atoms with Crippen LogP contribution in [0.3, 0.4) is 0 Å². The van der Waals surface area contributed by atoms with E-state index in [0.717, 1.165) is 11.0 Å². The molecule has 2 rings (SSSR count). The van der Waals surface area contributed by atoms with Gasteiger partial charge in [0.15, 0.2) is 0 Å². The molecule has 4 heteroatoms. The molecule has 0 bridgehead atoms. The molecule has 2 N–H and O–H groups in total. The van der Waals surface area contributed by atoms with Crippen molar-refractivity contribution in [1.82, 2.24) is 4.90 Å². The van der Waals surface area contributed by atoms with E-state index < -0.39 is 0 Å². The first-order valence-corrected chi connectivity index (χ1v) is 8.40. The first-order chi connectivity index (χ1) is 9.49. The van der Waals surface area contributed by atoms with Gasteiger partial charge in [0.2, 0.25) is 0 Å². The van der Waals surface area contributed by atoms with Crippen LogP contribution in [-0.2, 0) is 6.54 Å². The third kappa shape index (κ3) is 3.70. The van der Waals surface area contributed by atoms with Crippen molar-refractivity contribution in [1.29, 1.82) is 0 Å². The maximum atomic E-state index is 6.25. The summed E-state index contributed by atoms with van der Waals surface area (Å²) in [7, 11) is 2.15. The summed E-state index contributed by atoms with van der Waals surface area (Å²) in [5, 5.41) is 2.12. The zero-order chi connectivity index (χ0) is 14.7. The van der Waals surface area contributed by atoms with Crippen molar-refractivity contribution in [3.05, 3.63) is 56.2 Å². The molecule has 0 amide bonds. The number of likely N-dealkylation sites (N-methyl/N-ethyl adjacent to an activating group) is 1. The molecular weight excluding hydrogens is 332 g/mol. The fourth-order valence-electron chi connectivity index (χ4n) is 2.62.